The zero-order valence-electron chi connectivity index (χ0n) is 19.7. The number of aryl methyl sites for hydroxylation is 3. The summed E-state index contributed by atoms with van der Waals surface area (Å²) in [6.45, 7) is 12.2. The van der Waals surface area contributed by atoms with E-state index in [2.05, 4.69) is 45.1 Å². The van der Waals surface area contributed by atoms with E-state index in [0.29, 0.717) is 6.54 Å². The smallest absolute Gasteiger partial charge is 0.322 e. The molecule has 1 saturated heterocycles. The maximum absolute atomic E-state index is 13.5. The number of carbonyl (C=O) groups is 2. The minimum atomic E-state index is -0.372. The molecule has 1 aromatic rings. The van der Waals surface area contributed by atoms with Crippen molar-refractivity contribution in [1.29, 1.82) is 0 Å². The van der Waals surface area contributed by atoms with Gasteiger partial charge in [-0.05, 0) is 69.2 Å². The van der Waals surface area contributed by atoms with E-state index in [0.717, 1.165) is 47.9 Å². The van der Waals surface area contributed by atoms with Gasteiger partial charge in [-0.25, -0.2) is 4.79 Å². The highest BCUT2D eigenvalue weighted by atomic mass is 16.2. The number of amides is 3. The van der Waals surface area contributed by atoms with Crippen LogP contribution in [0.2, 0.25) is 0 Å². The second kappa shape index (κ2) is 8.65. The summed E-state index contributed by atoms with van der Waals surface area (Å²) in [5.74, 6) is 0.0752. The fraction of sp³-hybridized carbons (Fsp3) is 0.600. The first kappa shape index (κ1) is 21.9. The van der Waals surface area contributed by atoms with Gasteiger partial charge in [0.05, 0.1) is 43.0 Å². The minimum Gasteiger partial charge on any atom is -0.333 e. The van der Waals surface area contributed by atoms with Crippen molar-refractivity contribution < 1.29 is 14.5 Å². The van der Waals surface area contributed by atoms with Crippen molar-refractivity contribution in [3.63, 3.8) is 0 Å². The van der Waals surface area contributed by atoms with Crippen LogP contribution in [0.15, 0.2) is 23.4 Å². The van der Waals surface area contributed by atoms with Gasteiger partial charge in [0.1, 0.15) is 0 Å². The van der Waals surface area contributed by atoms with E-state index < -0.39 is 0 Å². The number of urea groups is 1. The molecule has 3 amide bonds. The number of carbonyl (C=O) groups excluding carboxylic acids is 2. The Kier molecular flexibility index (Phi) is 6.11. The third-order valence-electron chi connectivity index (χ3n) is 7.64. The Hall–Kier alpha value is -2.34. The molecule has 1 fully saturated rings. The molecular weight excluding hydrogens is 388 g/mol. The van der Waals surface area contributed by atoms with Crippen molar-refractivity contribution in [3.05, 3.63) is 45.7 Å². The van der Waals surface area contributed by atoms with Crippen molar-refractivity contribution in [3.8, 4) is 0 Å². The fourth-order valence-corrected chi connectivity index (χ4v) is 5.45. The van der Waals surface area contributed by atoms with E-state index in [-0.39, 0.29) is 18.0 Å². The number of likely N-dealkylation sites (N-methyl/N-ethyl adjacent to an activating group) is 1. The third kappa shape index (κ3) is 4.10. The van der Waals surface area contributed by atoms with Crippen LogP contribution in [-0.4, -0.2) is 61.0 Å². The van der Waals surface area contributed by atoms with E-state index in [9.17, 15) is 9.59 Å². The molecule has 0 aliphatic carbocycles. The fourth-order valence-electron chi connectivity index (χ4n) is 5.45. The van der Waals surface area contributed by atoms with Gasteiger partial charge in [-0.15, -0.1) is 0 Å². The van der Waals surface area contributed by atoms with E-state index in [4.69, 9.17) is 0 Å². The predicted octanol–water partition coefficient (Wildman–Crippen LogP) is 2.25. The molecule has 6 heteroatoms. The van der Waals surface area contributed by atoms with Crippen molar-refractivity contribution in [2.24, 2.45) is 0 Å². The average Bonchev–Trinajstić information content (AvgIpc) is 3.06. The van der Waals surface area contributed by atoms with Gasteiger partial charge in [0, 0.05) is 20.0 Å². The van der Waals surface area contributed by atoms with Gasteiger partial charge in [-0.2, -0.15) is 0 Å². The molecule has 6 nitrogen and oxygen atoms in total. The van der Waals surface area contributed by atoms with Gasteiger partial charge >= 0.3 is 6.03 Å². The van der Waals surface area contributed by atoms with Crippen LogP contribution in [-0.2, 0) is 4.79 Å². The molecule has 0 aromatic heterocycles. The number of hydrogen-bond acceptors (Lipinski definition) is 2. The molecule has 2 N–H and O–H groups in total. The van der Waals surface area contributed by atoms with Crippen molar-refractivity contribution in [2.45, 2.75) is 65.5 Å². The van der Waals surface area contributed by atoms with Gasteiger partial charge in [0.25, 0.3) is 5.91 Å². The third-order valence-corrected chi connectivity index (χ3v) is 7.64. The Labute approximate surface area is 186 Å². The monoisotopic (exact) mass is 425 g/mol. The molecule has 4 rings (SSSR count). The summed E-state index contributed by atoms with van der Waals surface area (Å²) in [5.41, 5.74) is 6.14. The molecule has 3 aliphatic heterocycles. The molecule has 3 aliphatic rings. The van der Waals surface area contributed by atoms with E-state index in [1.54, 1.807) is 16.8 Å². The second-order valence-electron chi connectivity index (χ2n) is 9.73. The normalized spacial score (nSPS) is 26.4. The number of nitrogens with zero attached hydrogens (tertiary/aromatic N) is 2. The second-order valence-corrected chi connectivity index (χ2v) is 9.73. The van der Waals surface area contributed by atoms with Crippen LogP contribution >= 0.6 is 0 Å². The summed E-state index contributed by atoms with van der Waals surface area (Å²) in [6.07, 6.45) is 4.97. The highest BCUT2D eigenvalue weighted by Gasteiger charge is 2.43. The first-order chi connectivity index (χ1) is 14.8. The zero-order valence-corrected chi connectivity index (χ0v) is 19.7. The summed E-state index contributed by atoms with van der Waals surface area (Å²) >= 11 is 0. The van der Waals surface area contributed by atoms with Crippen molar-refractivity contribution in [1.82, 2.24) is 15.1 Å². The van der Waals surface area contributed by atoms with Crippen LogP contribution in [0.3, 0.4) is 0 Å². The van der Waals surface area contributed by atoms with E-state index in [1.165, 1.54) is 36.9 Å². The highest BCUT2D eigenvalue weighted by molar-refractivity contribution is 6.01. The molecule has 1 unspecified atom stereocenters. The first-order valence-electron chi connectivity index (χ1n) is 11.8. The lowest BCUT2D eigenvalue weighted by Crippen LogP contribution is -3.16. The van der Waals surface area contributed by atoms with Crippen LogP contribution in [0.1, 0.15) is 60.9 Å². The lowest BCUT2D eigenvalue weighted by molar-refractivity contribution is -0.928. The lowest BCUT2D eigenvalue weighted by atomic mass is 9.90. The molecule has 168 valence electrons. The Morgan fingerprint density at radius 1 is 1.10 bits per heavy atom. The number of quaternary nitrogens is 1. The number of piperidine rings is 1. The summed E-state index contributed by atoms with van der Waals surface area (Å²) in [4.78, 5) is 31.4. The van der Waals surface area contributed by atoms with Crippen LogP contribution in [0, 0.1) is 20.8 Å². The van der Waals surface area contributed by atoms with Crippen LogP contribution < -0.4 is 10.2 Å². The summed E-state index contributed by atoms with van der Waals surface area (Å²) in [7, 11) is 1.77. The van der Waals surface area contributed by atoms with Crippen LogP contribution in [0.5, 0.6) is 0 Å². The summed E-state index contributed by atoms with van der Waals surface area (Å²) in [5, 5.41) is 3.08. The van der Waals surface area contributed by atoms with Gasteiger partial charge in [-0.3, -0.25) is 9.69 Å². The summed E-state index contributed by atoms with van der Waals surface area (Å²) in [6, 6.07) is 4.49. The minimum absolute atomic E-state index is 0.0752. The Bertz CT molecular complexity index is 922. The lowest BCUT2D eigenvalue weighted by Gasteiger charge is -2.32. The average molecular weight is 426 g/mol. The number of rotatable bonds is 5. The maximum atomic E-state index is 13.5. The molecule has 0 saturated carbocycles. The van der Waals surface area contributed by atoms with Gasteiger partial charge in [0.15, 0.2) is 0 Å². The molecule has 1 aromatic carbocycles. The molecule has 0 radical (unpaired) electrons. The number of hydrogen-bond donors (Lipinski definition) is 2. The SMILES string of the molecule is Cc1cc(C)c([C@@H]2NC(=O)N(C)C3=C2C(=O)N(CCC[NH+]2CCCC[C@@H]2C)C3)cc1C. The molecule has 31 heavy (non-hydrogen) atoms. The van der Waals surface area contributed by atoms with Gasteiger partial charge in [-0.1, -0.05) is 12.1 Å². The van der Waals surface area contributed by atoms with Crippen LogP contribution in [0.25, 0.3) is 0 Å². The van der Waals surface area contributed by atoms with E-state index in [1.807, 2.05) is 4.90 Å². The Morgan fingerprint density at radius 2 is 1.84 bits per heavy atom. The van der Waals surface area contributed by atoms with E-state index >= 15 is 0 Å². The molecule has 0 bridgehead atoms. The topological polar surface area (TPSA) is 57.1 Å². The largest absolute Gasteiger partial charge is 0.333 e. The summed E-state index contributed by atoms with van der Waals surface area (Å²) < 4.78 is 0. The van der Waals surface area contributed by atoms with Crippen molar-refractivity contribution >= 4 is 11.9 Å². The number of likely N-dealkylation sites (tertiary alicyclic amines) is 1. The maximum Gasteiger partial charge on any atom is 0.322 e. The molecule has 3 heterocycles. The molecule has 0 spiro atoms. The van der Waals surface area contributed by atoms with Crippen molar-refractivity contribution in [2.75, 3.05) is 33.2 Å². The van der Waals surface area contributed by atoms with Gasteiger partial charge < -0.3 is 15.1 Å². The molecular formula is C25H37N4O2+. The quantitative estimate of drug-likeness (QED) is 0.760. The van der Waals surface area contributed by atoms with Crippen LogP contribution in [0.4, 0.5) is 4.79 Å². The zero-order chi connectivity index (χ0) is 22.3. The first-order valence-corrected chi connectivity index (χ1v) is 11.8. The molecule has 3 atom stereocenters. The number of nitrogens with one attached hydrogen (secondary N) is 2. The highest BCUT2D eigenvalue weighted by Crippen LogP contribution is 2.37. The Balaban J connectivity index is 1.52. The predicted molar refractivity (Wildman–Crippen MR) is 122 cm³/mol. The van der Waals surface area contributed by atoms with Gasteiger partial charge in [0.2, 0.25) is 0 Å². The number of benzene rings is 1. The standard InChI is InChI=1S/C25H36N4O2/c1-16-13-18(3)20(14-17(16)2)23-22-21(27(5)25(31)26-23)15-29(24(22)30)12-8-11-28-10-7-6-9-19(28)4/h13-14,19,23H,6-12,15H2,1-5H3,(H,26,31)/p+1/t19-,23-/m0/s1. The Morgan fingerprint density at radius 3 is 2.58 bits per heavy atom.